The molecule has 0 radical (unpaired) electrons. The number of benzene rings is 2. The largest absolute Gasteiger partial charge is 0.366 e. The first-order valence-electron chi connectivity index (χ1n) is 5.74. The van der Waals surface area contributed by atoms with Crippen molar-refractivity contribution in [1.29, 1.82) is 0 Å². The number of hydrogen-bond acceptors (Lipinski definition) is 2. The van der Waals surface area contributed by atoms with Gasteiger partial charge in [-0.15, -0.1) is 0 Å². The average Bonchev–Trinajstić information content (AvgIpc) is 2.43. The lowest BCUT2D eigenvalue weighted by Gasteiger charge is -2.08. The molecular weight excluding hydrogens is 318 g/mol. The van der Waals surface area contributed by atoms with Crippen molar-refractivity contribution < 1.29 is 14.0 Å². The molecule has 0 aliphatic carbocycles. The maximum absolute atomic E-state index is 13.7. The van der Waals surface area contributed by atoms with Crippen LogP contribution in [0, 0.1) is 5.82 Å². The van der Waals surface area contributed by atoms with Crippen molar-refractivity contribution in [3.63, 3.8) is 0 Å². The van der Waals surface area contributed by atoms with Gasteiger partial charge in [0, 0.05) is 11.3 Å². The van der Waals surface area contributed by atoms with Crippen LogP contribution in [-0.2, 0) is 0 Å². The van der Waals surface area contributed by atoms with E-state index in [2.05, 4.69) is 5.32 Å². The first-order valence-corrected chi connectivity index (χ1v) is 6.50. The topological polar surface area (TPSA) is 72.2 Å². The summed E-state index contributed by atoms with van der Waals surface area (Å²) >= 11 is 11.4. The van der Waals surface area contributed by atoms with E-state index in [0.29, 0.717) is 5.69 Å². The van der Waals surface area contributed by atoms with Gasteiger partial charge in [-0.1, -0.05) is 29.3 Å². The molecule has 0 saturated heterocycles. The third-order valence-corrected chi connectivity index (χ3v) is 3.38. The van der Waals surface area contributed by atoms with Gasteiger partial charge in [-0.05, 0) is 30.3 Å². The molecule has 0 bridgehead atoms. The lowest BCUT2D eigenvalue weighted by molar-refractivity contribution is 0.0995. The molecule has 2 aromatic rings. The Bertz CT molecular complexity index is 735. The fourth-order valence-electron chi connectivity index (χ4n) is 1.65. The normalized spacial score (nSPS) is 10.2. The van der Waals surface area contributed by atoms with Gasteiger partial charge < -0.3 is 11.1 Å². The van der Waals surface area contributed by atoms with Crippen LogP contribution in [0.25, 0.3) is 0 Å². The summed E-state index contributed by atoms with van der Waals surface area (Å²) < 4.78 is 13.7. The molecule has 2 rings (SSSR count). The molecule has 4 nitrogen and oxygen atoms in total. The van der Waals surface area contributed by atoms with Crippen molar-refractivity contribution in [3.05, 3.63) is 63.4 Å². The second kappa shape index (κ2) is 6.11. The molecular formula is C14H9Cl2FN2O2. The number of nitrogens with two attached hydrogens (primary N) is 1. The van der Waals surface area contributed by atoms with Crippen molar-refractivity contribution in [2.24, 2.45) is 5.73 Å². The van der Waals surface area contributed by atoms with Gasteiger partial charge in [-0.25, -0.2) is 4.39 Å². The summed E-state index contributed by atoms with van der Waals surface area (Å²) in [7, 11) is 0. The standard InChI is InChI=1S/C14H9Cl2FN2O2/c15-10-5-9(12(17)6-11(10)16)14(21)19-8-3-1-2-7(4-8)13(18)20/h1-6H,(H2,18,20)(H,19,21). The third kappa shape index (κ3) is 3.51. The highest BCUT2D eigenvalue weighted by atomic mass is 35.5. The molecule has 108 valence electrons. The number of amides is 2. The molecule has 7 heteroatoms. The fraction of sp³-hybridized carbons (Fsp3) is 0. The van der Waals surface area contributed by atoms with E-state index in [1.807, 2.05) is 0 Å². The Morgan fingerprint density at radius 1 is 1.10 bits per heavy atom. The van der Waals surface area contributed by atoms with E-state index in [0.717, 1.165) is 12.1 Å². The Morgan fingerprint density at radius 2 is 1.76 bits per heavy atom. The molecule has 0 saturated carbocycles. The van der Waals surface area contributed by atoms with Gasteiger partial charge in [0.25, 0.3) is 5.91 Å². The Labute approximate surface area is 129 Å². The summed E-state index contributed by atoms with van der Waals surface area (Å²) in [4.78, 5) is 23.1. The van der Waals surface area contributed by atoms with E-state index in [1.54, 1.807) is 12.1 Å². The van der Waals surface area contributed by atoms with E-state index in [4.69, 9.17) is 28.9 Å². The number of carbonyl (C=O) groups is 2. The van der Waals surface area contributed by atoms with E-state index in [-0.39, 0.29) is 21.2 Å². The van der Waals surface area contributed by atoms with Crippen LogP contribution >= 0.6 is 23.2 Å². The molecule has 2 amide bonds. The highest BCUT2D eigenvalue weighted by Gasteiger charge is 2.15. The minimum atomic E-state index is -0.798. The number of anilines is 1. The van der Waals surface area contributed by atoms with E-state index in [1.165, 1.54) is 12.1 Å². The van der Waals surface area contributed by atoms with Crippen molar-refractivity contribution in [2.45, 2.75) is 0 Å². The van der Waals surface area contributed by atoms with Crippen LogP contribution in [0.5, 0.6) is 0 Å². The number of rotatable bonds is 3. The van der Waals surface area contributed by atoms with Crippen molar-refractivity contribution in [2.75, 3.05) is 5.32 Å². The summed E-state index contributed by atoms with van der Waals surface area (Å²) in [6, 6.07) is 8.05. The predicted molar refractivity (Wildman–Crippen MR) is 79.3 cm³/mol. The highest BCUT2D eigenvalue weighted by molar-refractivity contribution is 6.42. The molecule has 0 heterocycles. The van der Waals surface area contributed by atoms with Crippen molar-refractivity contribution in [1.82, 2.24) is 0 Å². The lowest BCUT2D eigenvalue weighted by atomic mass is 10.1. The number of carbonyl (C=O) groups excluding carboxylic acids is 2. The highest BCUT2D eigenvalue weighted by Crippen LogP contribution is 2.25. The lowest BCUT2D eigenvalue weighted by Crippen LogP contribution is -2.15. The maximum Gasteiger partial charge on any atom is 0.258 e. The number of hydrogen-bond donors (Lipinski definition) is 2. The zero-order valence-corrected chi connectivity index (χ0v) is 12.0. The van der Waals surface area contributed by atoms with Gasteiger partial charge in [0.2, 0.25) is 5.91 Å². The van der Waals surface area contributed by atoms with Gasteiger partial charge in [0.15, 0.2) is 0 Å². The number of halogens is 3. The Morgan fingerprint density at radius 3 is 2.43 bits per heavy atom. The van der Waals surface area contributed by atoms with Crippen LogP contribution in [0.2, 0.25) is 10.0 Å². The minimum Gasteiger partial charge on any atom is -0.366 e. The molecule has 21 heavy (non-hydrogen) atoms. The summed E-state index contributed by atoms with van der Waals surface area (Å²) in [5.41, 5.74) is 5.42. The van der Waals surface area contributed by atoms with Crippen LogP contribution < -0.4 is 11.1 Å². The van der Waals surface area contributed by atoms with Gasteiger partial charge >= 0.3 is 0 Å². The smallest absolute Gasteiger partial charge is 0.258 e. The molecule has 0 fully saturated rings. The molecule has 0 aromatic heterocycles. The zero-order chi connectivity index (χ0) is 15.6. The molecule has 0 unspecified atom stereocenters. The number of primary amides is 1. The SMILES string of the molecule is NC(=O)c1cccc(NC(=O)c2cc(Cl)c(Cl)cc2F)c1. The van der Waals surface area contributed by atoms with E-state index < -0.39 is 17.6 Å². The zero-order valence-electron chi connectivity index (χ0n) is 10.5. The summed E-state index contributed by atoms with van der Waals surface area (Å²) in [5.74, 6) is -2.15. The molecule has 0 aliphatic heterocycles. The molecule has 0 atom stereocenters. The van der Waals surface area contributed by atoms with E-state index >= 15 is 0 Å². The van der Waals surface area contributed by atoms with Crippen LogP contribution in [0.4, 0.5) is 10.1 Å². The van der Waals surface area contributed by atoms with Crippen LogP contribution in [-0.4, -0.2) is 11.8 Å². The summed E-state index contributed by atoms with van der Waals surface area (Å²) in [6.07, 6.45) is 0. The predicted octanol–water partition coefficient (Wildman–Crippen LogP) is 3.48. The Kier molecular flexibility index (Phi) is 4.45. The maximum atomic E-state index is 13.7. The average molecular weight is 327 g/mol. The molecule has 3 N–H and O–H groups in total. The van der Waals surface area contributed by atoms with Crippen LogP contribution in [0.3, 0.4) is 0 Å². The Balaban J connectivity index is 2.28. The quantitative estimate of drug-likeness (QED) is 0.847. The van der Waals surface area contributed by atoms with E-state index in [9.17, 15) is 14.0 Å². The van der Waals surface area contributed by atoms with Gasteiger partial charge in [0.05, 0.1) is 15.6 Å². The molecule has 0 spiro atoms. The first kappa shape index (κ1) is 15.3. The van der Waals surface area contributed by atoms with Crippen LogP contribution in [0.15, 0.2) is 36.4 Å². The number of nitrogens with one attached hydrogen (secondary N) is 1. The molecule has 2 aromatic carbocycles. The van der Waals surface area contributed by atoms with Gasteiger partial charge in [-0.3, -0.25) is 9.59 Å². The molecule has 0 aliphatic rings. The van der Waals surface area contributed by atoms with Gasteiger partial charge in [0.1, 0.15) is 5.82 Å². The van der Waals surface area contributed by atoms with Crippen LogP contribution in [0.1, 0.15) is 20.7 Å². The summed E-state index contributed by atoms with van der Waals surface area (Å²) in [6.45, 7) is 0. The Hall–Kier alpha value is -2.11. The monoisotopic (exact) mass is 326 g/mol. The minimum absolute atomic E-state index is 0.0152. The van der Waals surface area contributed by atoms with Crippen molar-refractivity contribution >= 4 is 40.7 Å². The fourth-order valence-corrected chi connectivity index (χ4v) is 1.96. The van der Waals surface area contributed by atoms with Gasteiger partial charge in [-0.2, -0.15) is 0 Å². The second-order valence-corrected chi connectivity index (χ2v) is 4.96. The van der Waals surface area contributed by atoms with Crippen molar-refractivity contribution in [3.8, 4) is 0 Å². The third-order valence-electron chi connectivity index (χ3n) is 2.66. The summed E-state index contributed by atoms with van der Waals surface area (Å²) in [5, 5.41) is 2.53. The first-order chi connectivity index (χ1) is 9.88. The second-order valence-electron chi connectivity index (χ2n) is 4.15.